The van der Waals surface area contributed by atoms with Gasteiger partial charge in [0, 0.05) is 29.7 Å². The van der Waals surface area contributed by atoms with Gasteiger partial charge in [0.1, 0.15) is 12.4 Å². The highest BCUT2D eigenvalue weighted by atomic mass is 16.5. The van der Waals surface area contributed by atoms with Gasteiger partial charge in [0.05, 0.1) is 0 Å². The maximum atomic E-state index is 6.06. The molecule has 0 bridgehead atoms. The van der Waals surface area contributed by atoms with Crippen LogP contribution in [0.1, 0.15) is 35.6 Å². The van der Waals surface area contributed by atoms with Gasteiger partial charge in [-0.3, -0.25) is 4.90 Å². The SMILES string of the molecule is c1ccc(COc2ccc3[nH]cc(CN4CCCC4c4ccccc4)c3c2)cc1. The number of aromatic amines is 1. The lowest BCUT2D eigenvalue weighted by Gasteiger charge is -2.24. The molecule has 1 unspecified atom stereocenters. The normalized spacial score (nSPS) is 17.0. The molecule has 1 fully saturated rings. The molecule has 146 valence electrons. The molecule has 0 saturated carbocycles. The molecule has 4 aromatic rings. The average molecular weight is 383 g/mol. The topological polar surface area (TPSA) is 28.3 Å². The van der Waals surface area contributed by atoms with Crippen LogP contribution < -0.4 is 4.74 Å². The summed E-state index contributed by atoms with van der Waals surface area (Å²) < 4.78 is 6.06. The van der Waals surface area contributed by atoms with Gasteiger partial charge in [-0.05, 0) is 54.3 Å². The Labute approximate surface area is 171 Å². The molecule has 5 rings (SSSR count). The third kappa shape index (κ3) is 3.92. The Balaban J connectivity index is 1.35. The molecule has 1 aliphatic rings. The largest absolute Gasteiger partial charge is 0.489 e. The van der Waals surface area contributed by atoms with Crippen molar-refractivity contribution >= 4 is 10.9 Å². The van der Waals surface area contributed by atoms with E-state index in [9.17, 15) is 0 Å². The maximum Gasteiger partial charge on any atom is 0.120 e. The van der Waals surface area contributed by atoms with Crippen molar-refractivity contribution in [3.8, 4) is 5.75 Å². The van der Waals surface area contributed by atoms with E-state index >= 15 is 0 Å². The fourth-order valence-corrected chi connectivity index (χ4v) is 4.41. The van der Waals surface area contributed by atoms with Gasteiger partial charge in [0.25, 0.3) is 0 Å². The number of fused-ring (bicyclic) bond motifs is 1. The monoisotopic (exact) mass is 382 g/mol. The first kappa shape index (κ1) is 18.0. The highest BCUT2D eigenvalue weighted by Gasteiger charge is 2.26. The molecule has 0 spiro atoms. The molecule has 2 heterocycles. The molecule has 1 saturated heterocycles. The third-order valence-electron chi connectivity index (χ3n) is 5.91. The van der Waals surface area contributed by atoms with Crippen LogP contribution in [0, 0.1) is 0 Å². The Morgan fingerprint density at radius 3 is 2.55 bits per heavy atom. The molecule has 0 radical (unpaired) electrons. The third-order valence-corrected chi connectivity index (χ3v) is 5.91. The van der Waals surface area contributed by atoms with E-state index < -0.39 is 0 Å². The molecule has 0 amide bonds. The summed E-state index contributed by atoms with van der Waals surface area (Å²) >= 11 is 0. The first-order valence-electron chi connectivity index (χ1n) is 10.4. The number of likely N-dealkylation sites (tertiary alicyclic amines) is 1. The number of rotatable bonds is 6. The Bertz CT molecular complexity index is 1070. The van der Waals surface area contributed by atoms with E-state index in [-0.39, 0.29) is 0 Å². The quantitative estimate of drug-likeness (QED) is 0.437. The van der Waals surface area contributed by atoms with Crippen molar-refractivity contribution in [2.75, 3.05) is 6.54 Å². The smallest absolute Gasteiger partial charge is 0.120 e. The van der Waals surface area contributed by atoms with Gasteiger partial charge >= 0.3 is 0 Å². The van der Waals surface area contributed by atoms with Crippen LogP contribution in [0.4, 0.5) is 0 Å². The summed E-state index contributed by atoms with van der Waals surface area (Å²) in [6.45, 7) is 2.70. The molecule has 1 aromatic heterocycles. The van der Waals surface area contributed by atoms with Gasteiger partial charge in [0.15, 0.2) is 0 Å². The van der Waals surface area contributed by atoms with Crippen LogP contribution in [0.25, 0.3) is 10.9 Å². The lowest BCUT2D eigenvalue weighted by Crippen LogP contribution is -2.22. The highest BCUT2D eigenvalue weighted by Crippen LogP contribution is 2.34. The number of H-pyrrole nitrogens is 1. The number of nitrogens with zero attached hydrogens (tertiary/aromatic N) is 1. The van der Waals surface area contributed by atoms with E-state index in [1.165, 1.54) is 40.4 Å². The molecule has 29 heavy (non-hydrogen) atoms. The van der Waals surface area contributed by atoms with Crippen molar-refractivity contribution in [2.24, 2.45) is 0 Å². The molecular weight excluding hydrogens is 356 g/mol. The van der Waals surface area contributed by atoms with Crippen molar-refractivity contribution in [3.63, 3.8) is 0 Å². The molecule has 1 aliphatic heterocycles. The summed E-state index contributed by atoms with van der Waals surface area (Å²) in [5.41, 5.74) is 5.12. The summed E-state index contributed by atoms with van der Waals surface area (Å²) in [6.07, 6.45) is 4.65. The predicted molar refractivity (Wildman–Crippen MR) is 118 cm³/mol. The fraction of sp³-hybridized carbons (Fsp3) is 0.231. The highest BCUT2D eigenvalue weighted by molar-refractivity contribution is 5.84. The average Bonchev–Trinajstić information content (AvgIpc) is 3.41. The number of ether oxygens (including phenoxy) is 1. The number of hydrogen-bond acceptors (Lipinski definition) is 2. The molecular formula is C26H26N2O. The van der Waals surface area contributed by atoms with Gasteiger partial charge in [-0.15, -0.1) is 0 Å². The summed E-state index contributed by atoms with van der Waals surface area (Å²) in [7, 11) is 0. The summed E-state index contributed by atoms with van der Waals surface area (Å²) in [4.78, 5) is 6.04. The Morgan fingerprint density at radius 1 is 0.931 bits per heavy atom. The lowest BCUT2D eigenvalue weighted by atomic mass is 10.0. The minimum absolute atomic E-state index is 0.513. The number of benzene rings is 3. The van der Waals surface area contributed by atoms with Crippen molar-refractivity contribution < 1.29 is 4.74 Å². The van der Waals surface area contributed by atoms with Gasteiger partial charge in [-0.25, -0.2) is 0 Å². The molecule has 1 atom stereocenters. The predicted octanol–water partition coefficient (Wildman–Crippen LogP) is 6.08. The van der Waals surface area contributed by atoms with Gasteiger partial charge in [0.2, 0.25) is 0 Å². The fourth-order valence-electron chi connectivity index (χ4n) is 4.41. The molecule has 3 nitrogen and oxygen atoms in total. The zero-order chi connectivity index (χ0) is 19.5. The van der Waals surface area contributed by atoms with Crippen LogP contribution in [0.15, 0.2) is 85.1 Å². The number of hydrogen-bond donors (Lipinski definition) is 1. The van der Waals surface area contributed by atoms with Crippen LogP contribution in [-0.2, 0) is 13.2 Å². The Morgan fingerprint density at radius 2 is 1.72 bits per heavy atom. The minimum atomic E-state index is 0.513. The van der Waals surface area contributed by atoms with Crippen LogP contribution in [0.3, 0.4) is 0 Å². The summed E-state index contributed by atoms with van der Waals surface area (Å²) in [5, 5.41) is 1.26. The zero-order valence-electron chi connectivity index (χ0n) is 16.6. The van der Waals surface area contributed by atoms with Crippen molar-refractivity contribution in [1.82, 2.24) is 9.88 Å². The second-order valence-corrected chi connectivity index (χ2v) is 7.83. The van der Waals surface area contributed by atoms with E-state index in [0.29, 0.717) is 12.6 Å². The van der Waals surface area contributed by atoms with Crippen LogP contribution in [0.5, 0.6) is 5.75 Å². The first-order chi connectivity index (χ1) is 14.4. The summed E-state index contributed by atoms with van der Waals surface area (Å²) in [5.74, 6) is 0.920. The molecule has 3 heteroatoms. The van der Waals surface area contributed by atoms with Crippen molar-refractivity contribution in [2.45, 2.75) is 32.0 Å². The van der Waals surface area contributed by atoms with Crippen LogP contribution in [-0.4, -0.2) is 16.4 Å². The Hall–Kier alpha value is -3.04. The molecule has 1 N–H and O–H groups in total. The van der Waals surface area contributed by atoms with E-state index in [4.69, 9.17) is 4.74 Å². The molecule has 0 aliphatic carbocycles. The second-order valence-electron chi connectivity index (χ2n) is 7.83. The van der Waals surface area contributed by atoms with Crippen molar-refractivity contribution in [1.29, 1.82) is 0 Å². The second kappa shape index (κ2) is 8.14. The summed E-state index contributed by atoms with van der Waals surface area (Å²) in [6, 6.07) is 28.1. The van der Waals surface area contributed by atoms with Crippen molar-refractivity contribution in [3.05, 3.63) is 102 Å². The van der Waals surface area contributed by atoms with E-state index in [0.717, 1.165) is 18.8 Å². The van der Waals surface area contributed by atoms with Crippen LogP contribution in [0.2, 0.25) is 0 Å². The van der Waals surface area contributed by atoms with E-state index in [2.05, 4.69) is 70.7 Å². The van der Waals surface area contributed by atoms with Gasteiger partial charge in [-0.1, -0.05) is 60.7 Å². The zero-order valence-corrected chi connectivity index (χ0v) is 16.6. The maximum absolute atomic E-state index is 6.06. The Kier molecular flexibility index (Phi) is 5.06. The van der Waals surface area contributed by atoms with E-state index in [1.807, 2.05) is 24.3 Å². The first-order valence-corrected chi connectivity index (χ1v) is 10.4. The lowest BCUT2D eigenvalue weighted by molar-refractivity contribution is 0.249. The standard InChI is InChI=1S/C26H26N2O/c1-3-8-20(9-4-1)19-29-23-13-14-25-24(16-23)22(17-27-25)18-28-15-7-12-26(28)21-10-5-2-6-11-21/h1-6,8-11,13-14,16-17,26-27H,7,12,15,18-19H2. The number of aromatic nitrogens is 1. The van der Waals surface area contributed by atoms with Crippen LogP contribution >= 0.6 is 0 Å². The number of nitrogens with one attached hydrogen (secondary N) is 1. The molecule has 3 aromatic carbocycles. The minimum Gasteiger partial charge on any atom is -0.489 e. The van der Waals surface area contributed by atoms with Gasteiger partial charge in [-0.2, -0.15) is 0 Å². The van der Waals surface area contributed by atoms with E-state index in [1.54, 1.807) is 0 Å². The van der Waals surface area contributed by atoms with Gasteiger partial charge < -0.3 is 9.72 Å².